The van der Waals surface area contributed by atoms with Crippen LogP contribution >= 0.6 is 0 Å². The van der Waals surface area contributed by atoms with E-state index in [-0.39, 0.29) is 12.3 Å². The number of rotatable bonds is 4. The van der Waals surface area contributed by atoms with Gasteiger partial charge < -0.3 is 4.90 Å². The van der Waals surface area contributed by atoms with Crippen LogP contribution in [0.25, 0.3) is 0 Å². The van der Waals surface area contributed by atoms with Crippen molar-refractivity contribution in [1.29, 1.82) is 0 Å². The number of hydrogen-bond donors (Lipinski definition) is 2. The largest absolute Gasteiger partial charge is 0.340 e. The van der Waals surface area contributed by atoms with E-state index in [9.17, 15) is 14.4 Å². The van der Waals surface area contributed by atoms with Gasteiger partial charge in [-0.25, -0.2) is 0 Å². The lowest BCUT2D eigenvalue weighted by atomic mass is 10.0. The summed E-state index contributed by atoms with van der Waals surface area (Å²) in [5.41, 5.74) is 5.75. The highest BCUT2D eigenvalue weighted by Crippen LogP contribution is 2.13. The van der Waals surface area contributed by atoms with E-state index in [0.717, 1.165) is 19.6 Å². The van der Waals surface area contributed by atoms with E-state index < -0.39 is 17.7 Å². The number of carbonyl (C=O) groups excluding carboxylic acids is 3. The van der Waals surface area contributed by atoms with Crippen LogP contribution < -0.4 is 10.9 Å². The SMILES string of the molecule is O=C1NNC(=O)C1CC(=O)N1CCN(Cc2ccccc2)CC1. The maximum absolute atomic E-state index is 12.3. The molecule has 2 saturated heterocycles. The molecule has 122 valence electrons. The van der Waals surface area contributed by atoms with Gasteiger partial charge in [-0.15, -0.1) is 0 Å². The summed E-state index contributed by atoms with van der Waals surface area (Å²) in [5, 5.41) is 0. The molecule has 2 N–H and O–H groups in total. The van der Waals surface area contributed by atoms with Crippen molar-refractivity contribution in [2.24, 2.45) is 5.92 Å². The molecule has 2 aliphatic heterocycles. The molecule has 0 aliphatic carbocycles. The molecule has 3 amide bonds. The molecule has 0 saturated carbocycles. The van der Waals surface area contributed by atoms with E-state index in [0.29, 0.717) is 13.1 Å². The third kappa shape index (κ3) is 3.68. The van der Waals surface area contributed by atoms with Crippen LogP contribution in [-0.4, -0.2) is 53.7 Å². The summed E-state index contributed by atoms with van der Waals surface area (Å²) in [6, 6.07) is 10.2. The molecule has 3 rings (SSSR count). The number of amides is 3. The highest BCUT2D eigenvalue weighted by atomic mass is 16.2. The van der Waals surface area contributed by atoms with Crippen LogP contribution in [0.2, 0.25) is 0 Å². The summed E-state index contributed by atoms with van der Waals surface area (Å²) < 4.78 is 0. The second-order valence-electron chi connectivity index (χ2n) is 5.88. The number of nitrogens with one attached hydrogen (secondary N) is 2. The maximum atomic E-state index is 12.3. The normalized spacial score (nSPS) is 19.6. The van der Waals surface area contributed by atoms with Gasteiger partial charge in [-0.05, 0) is 5.56 Å². The van der Waals surface area contributed by atoms with E-state index >= 15 is 0 Å². The molecule has 0 unspecified atom stereocenters. The standard InChI is InChI=1S/C16H20N4O3/c21-14(10-13-15(22)17-18-16(13)23)20-8-6-19(7-9-20)11-12-4-2-1-3-5-12/h1-5,13H,6-11H2,(H,17,22)(H,18,23). The van der Waals surface area contributed by atoms with Gasteiger partial charge in [0.1, 0.15) is 5.92 Å². The van der Waals surface area contributed by atoms with Gasteiger partial charge in [-0.3, -0.25) is 30.1 Å². The second-order valence-corrected chi connectivity index (χ2v) is 5.88. The van der Waals surface area contributed by atoms with Gasteiger partial charge >= 0.3 is 0 Å². The van der Waals surface area contributed by atoms with Gasteiger partial charge in [0.15, 0.2) is 0 Å². The summed E-state index contributed by atoms with van der Waals surface area (Å²) in [6.45, 7) is 3.72. The molecule has 0 atom stereocenters. The first kappa shape index (κ1) is 15.5. The highest BCUT2D eigenvalue weighted by Gasteiger charge is 2.36. The molecule has 1 aromatic carbocycles. The van der Waals surface area contributed by atoms with Crippen molar-refractivity contribution in [3.63, 3.8) is 0 Å². The van der Waals surface area contributed by atoms with E-state index in [2.05, 4.69) is 27.9 Å². The fourth-order valence-electron chi connectivity index (χ4n) is 2.90. The monoisotopic (exact) mass is 316 g/mol. The van der Waals surface area contributed by atoms with Crippen LogP contribution in [0.3, 0.4) is 0 Å². The number of benzene rings is 1. The van der Waals surface area contributed by atoms with E-state index in [1.54, 1.807) is 4.90 Å². The Balaban J connectivity index is 1.48. The Morgan fingerprint density at radius 2 is 1.61 bits per heavy atom. The maximum Gasteiger partial charge on any atom is 0.251 e. The van der Waals surface area contributed by atoms with Crippen LogP contribution in [0.5, 0.6) is 0 Å². The molecule has 0 radical (unpaired) electrons. The average molecular weight is 316 g/mol. The fourth-order valence-corrected chi connectivity index (χ4v) is 2.90. The van der Waals surface area contributed by atoms with Gasteiger partial charge in [0.05, 0.1) is 0 Å². The molecule has 1 aromatic rings. The Bertz CT molecular complexity index is 581. The molecule has 7 heteroatoms. The Hall–Kier alpha value is -2.41. The molecule has 0 aromatic heterocycles. The van der Waals surface area contributed by atoms with Crippen LogP contribution in [0, 0.1) is 5.92 Å². The van der Waals surface area contributed by atoms with Gasteiger partial charge in [0, 0.05) is 39.1 Å². The molecule has 2 heterocycles. The summed E-state index contributed by atoms with van der Waals surface area (Å²) in [7, 11) is 0. The number of carbonyl (C=O) groups is 3. The number of nitrogens with zero attached hydrogens (tertiary/aromatic N) is 2. The minimum Gasteiger partial charge on any atom is -0.340 e. The number of piperazine rings is 1. The quantitative estimate of drug-likeness (QED) is 0.734. The van der Waals surface area contributed by atoms with Crippen LogP contribution in [-0.2, 0) is 20.9 Å². The van der Waals surface area contributed by atoms with Crippen molar-refractivity contribution < 1.29 is 14.4 Å². The molecule has 0 bridgehead atoms. The van der Waals surface area contributed by atoms with Crippen molar-refractivity contribution in [2.45, 2.75) is 13.0 Å². The molecule has 7 nitrogen and oxygen atoms in total. The van der Waals surface area contributed by atoms with Crippen molar-refractivity contribution >= 4 is 17.7 Å². The van der Waals surface area contributed by atoms with Crippen LogP contribution in [0.4, 0.5) is 0 Å². The third-order valence-electron chi connectivity index (χ3n) is 4.29. The zero-order valence-corrected chi connectivity index (χ0v) is 12.8. The van der Waals surface area contributed by atoms with Gasteiger partial charge in [0.2, 0.25) is 5.91 Å². The lowest BCUT2D eigenvalue weighted by molar-refractivity contribution is -0.139. The van der Waals surface area contributed by atoms with Gasteiger partial charge in [0.25, 0.3) is 11.8 Å². The summed E-state index contributed by atoms with van der Waals surface area (Å²) in [6.07, 6.45) is -0.0592. The van der Waals surface area contributed by atoms with E-state index in [4.69, 9.17) is 0 Å². The molecule has 2 aliphatic rings. The predicted octanol–water partition coefficient (Wildman–Crippen LogP) is -0.502. The fraction of sp³-hybridized carbons (Fsp3) is 0.438. The van der Waals surface area contributed by atoms with Crippen molar-refractivity contribution in [2.75, 3.05) is 26.2 Å². The van der Waals surface area contributed by atoms with Crippen LogP contribution in [0.1, 0.15) is 12.0 Å². The van der Waals surface area contributed by atoms with Crippen molar-refractivity contribution in [3.05, 3.63) is 35.9 Å². The predicted molar refractivity (Wildman–Crippen MR) is 82.7 cm³/mol. The molecular weight excluding hydrogens is 296 g/mol. The summed E-state index contributed by atoms with van der Waals surface area (Å²) in [5.74, 6) is -1.89. The highest BCUT2D eigenvalue weighted by molar-refractivity contribution is 6.07. The van der Waals surface area contributed by atoms with Gasteiger partial charge in [-0.1, -0.05) is 30.3 Å². The summed E-state index contributed by atoms with van der Waals surface area (Å²) >= 11 is 0. The van der Waals surface area contributed by atoms with Gasteiger partial charge in [-0.2, -0.15) is 0 Å². The molecule has 2 fully saturated rings. The Morgan fingerprint density at radius 1 is 1.00 bits per heavy atom. The molecular formula is C16H20N4O3. The number of hydrogen-bond acceptors (Lipinski definition) is 4. The minimum atomic E-state index is -0.898. The Kier molecular flexibility index (Phi) is 4.57. The van der Waals surface area contributed by atoms with E-state index in [1.165, 1.54) is 5.56 Å². The Labute approximate surface area is 134 Å². The zero-order chi connectivity index (χ0) is 16.2. The first-order valence-electron chi connectivity index (χ1n) is 7.77. The minimum absolute atomic E-state index is 0.0592. The second kappa shape index (κ2) is 6.78. The Morgan fingerprint density at radius 3 is 2.22 bits per heavy atom. The number of hydrazine groups is 1. The molecule has 0 spiro atoms. The lowest BCUT2D eigenvalue weighted by Gasteiger charge is -2.35. The van der Waals surface area contributed by atoms with E-state index in [1.807, 2.05) is 18.2 Å². The topological polar surface area (TPSA) is 81.8 Å². The first-order chi connectivity index (χ1) is 11.1. The molecule has 23 heavy (non-hydrogen) atoms. The summed E-state index contributed by atoms with van der Waals surface area (Å²) in [4.78, 5) is 39.3. The smallest absolute Gasteiger partial charge is 0.251 e. The third-order valence-corrected chi connectivity index (χ3v) is 4.29. The van der Waals surface area contributed by atoms with Crippen LogP contribution in [0.15, 0.2) is 30.3 Å². The van der Waals surface area contributed by atoms with Crippen molar-refractivity contribution in [1.82, 2.24) is 20.7 Å². The van der Waals surface area contributed by atoms with Crippen molar-refractivity contribution in [3.8, 4) is 0 Å². The zero-order valence-electron chi connectivity index (χ0n) is 12.8. The average Bonchev–Trinajstić information content (AvgIpc) is 2.88. The lowest BCUT2D eigenvalue weighted by Crippen LogP contribution is -2.49. The first-order valence-corrected chi connectivity index (χ1v) is 7.77.